The molecule has 0 bridgehead atoms. The van der Waals surface area contributed by atoms with E-state index < -0.39 is 5.54 Å². The Morgan fingerprint density at radius 1 is 1.39 bits per heavy atom. The number of benzene rings is 1. The second-order valence-corrected chi connectivity index (χ2v) is 5.60. The van der Waals surface area contributed by atoms with Gasteiger partial charge in [-0.3, -0.25) is 0 Å². The molecule has 0 aliphatic heterocycles. The third-order valence-corrected chi connectivity index (χ3v) is 3.93. The second-order valence-electron chi connectivity index (χ2n) is 5.60. The van der Waals surface area contributed by atoms with Gasteiger partial charge in [0.2, 0.25) is 0 Å². The number of rotatable bonds is 3. The van der Waals surface area contributed by atoms with Crippen LogP contribution in [0.1, 0.15) is 36.8 Å². The first-order chi connectivity index (χ1) is 8.52. The zero-order valence-electron chi connectivity index (χ0n) is 11.3. The van der Waals surface area contributed by atoms with Gasteiger partial charge in [0.1, 0.15) is 11.9 Å². The predicted molar refractivity (Wildman–Crippen MR) is 72.8 cm³/mol. The number of nitrogens with two attached hydrogens (primary N) is 1. The molecule has 1 fully saturated rings. The van der Waals surface area contributed by atoms with E-state index in [2.05, 4.69) is 26.0 Å². The van der Waals surface area contributed by atoms with Crippen LogP contribution >= 0.6 is 0 Å². The minimum absolute atomic E-state index is 0.0415. The van der Waals surface area contributed by atoms with Gasteiger partial charge in [0.05, 0.1) is 6.61 Å². The Morgan fingerprint density at radius 3 is 2.83 bits per heavy atom. The van der Waals surface area contributed by atoms with E-state index in [4.69, 9.17) is 10.5 Å². The molecule has 1 aromatic carbocycles. The number of ether oxygens (including phenoxy) is 1. The first kappa shape index (κ1) is 13.4. The van der Waals surface area contributed by atoms with Crippen molar-refractivity contribution in [2.75, 3.05) is 6.61 Å². The predicted octanol–water partition coefficient (Wildman–Crippen LogP) is 2.31. The lowest BCUT2D eigenvalue weighted by Gasteiger charge is -2.36. The second kappa shape index (κ2) is 5.29. The number of aryl methyl sites for hydroxylation is 2. The van der Waals surface area contributed by atoms with Gasteiger partial charge >= 0.3 is 0 Å². The smallest absolute Gasteiger partial charge is 0.120 e. The molecule has 2 unspecified atom stereocenters. The fourth-order valence-electron chi connectivity index (χ4n) is 2.56. The van der Waals surface area contributed by atoms with Gasteiger partial charge < -0.3 is 15.6 Å². The normalized spacial score (nSPS) is 28.1. The van der Waals surface area contributed by atoms with E-state index in [9.17, 15) is 5.11 Å². The molecule has 18 heavy (non-hydrogen) atoms. The largest absolute Gasteiger partial charge is 0.490 e. The summed E-state index contributed by atoms with van der Waals surface area (Å²) in [5.74, 6) is 0.908. The molecule has 3 heteroatoms. The average molecular weight is 249 g/mol. The average Bonchev–Trinajstić information content (AvgIpc) is 2.34. The third-order valence-electron chi connectivity index (χ3n) is 3.93. The Bertz CT molecular complexity index is 419. The molecule has 0 saturated heterocycles. The quantitative estimate of drug-likeness (QED) is 0.864. The Hall–Kier alpha value is -1.06. The van der Waals surface area contributed by atoms with Crippen molar-refractivity contribution in [2.45, 2.75) is 51.2 Å². The van der Waals surface area contributed by atoms with Gasteiger partial charge in [-0.25, -0.2) is 0 Å². The zero-order chi connectivity index (χ0) is 13.2. The van der Waals surface area contributed by atoms with E-state index in [1.54, 1.807) is 0 Å². The molecule has 0 aromatic heterocycles. The molecule has 100 valence electrons. The van der Waals surface area contributed by atoms with Gasteiger partial charge in [-0.05, 0) is 56.4 Å². The number of hydrogen-bond donors (Lipinski definition) is 2. The van der Waals surface area contributed by atoms with Crippen molar-refractivity contribution in [3.63, 3.8) is 0 Å². The molecule has 1 aromatic rings. The van der Waals surface area contributed by atoms with Crippen LogP contribution in [0.5, 0.6) is 5.75 Å². The van der Waals surface area contributed by atoms with Crippen molar-refractivity contribution < 1.29 is 9.84 Å². The fraction of sp³-hybridized carbons (Fsp3) is 0.600. The van der Waals surface area contributed by atoms with Crippen LogP contribution in [0.2, 0.25) is 0 Å². The summed E-state index contributed by atoms with van der Waals surface area (Å²) < 4.78 is 6.00. The molecule has 0 heterocycles. The maximum absolute atomic E-state index is 9.33. The molecule has 3 N–H and O–H groups in total. The summed E-state index contributed by atoms with van der Waals surface area (Å²) in [7, 11) is 0. The Balaban J connectivity index is 2.02. The van der Waals surface area contributed by atoms with Crippen LogP contribution < -0.4 is 10.5 Å². The highest BCUT2D eigenvalue weighted by Gasteiger charge is 2.33. The summed E-state index contributed by atoms with van der Waals surface area (Å²) in [6.07, 6.45) is 3.78. The van der Waals surface area contributed by atoms with Gasteiger partial charge in [-0.2, -0.15) is 0 Å². The summed E-state index contributed by atoms with van der Waals surface area (Å²) in [5.41, 5.74) is 8.18. The standard InChI is InChI=1S/C15H23NO2/c1-11-5-6-13(8-12(11)2)18-14-4-3-7-15(16,9-14)10-17/h5-6,8,14,17H,3-4,7,9-10,16H2,1-2H3. The van der Waals surface area contributed by atoms with E-state index in [0.717, 1.165) is 31.4 Å². The lowest BCUT2D eigenvalue weighted by atomic mass is 9.81. The van der Waals surface area contributed by atoms with Crippen LogP contribution in [0.3, 0.4) is 0 Å². The molecule has 0 spiro atoms. The van der Waals surface area contributed by atoms with E-state index >= 15 is 0 Å². The SMILES string of the molecule is Cc1ccc(OC2CCCC(N)(CO)C2)cc1C. The summed E-state index contributed by atoms with van der Waals surface area (Å²) in [4.78, 5) is 0. The molecule has 0 radical (unpaired) electrons. The van der Waals surface area contributed by atoms with Crippen LogP contribution in [0.4, 0.5) is 0 Å². The highest BCUT2D eigenvalue weighted by Crippen LogP contribution is 2.29. The number of aliphatic hydroxyl groups is 1. The van der Waals surface area contributed by atoms with Crippen molar-refractivity contribution in [1.29, 1.82) is 0 Å². The molecule has 3 nitrogen and oxygen atoms in total. The van der Waals surface area contributed by atoms with Gasteiger partial charge in [-0.15, -0.1) is 0 Å². The van der Waals surface area contributed by atoms with E-state index in [1.807, 2.05) is 6.07 Å². The third kappa shape index (κ3) is 3.03. The van der Waals surface area contributed by atoms with Crippen LogP contribution in [0, 0.1) is 13.8 Å². The highest BCUT2D eigenvalue weighted by atomic mass is 16.5. The van der Waals surface area contributed by atoms with Crippen molar-refractivity contribution in [2.24, 2.45) is 5.73 Å². The minimum atomic E-state index is -0.456. The molecule has 1 aliphatic rings. The molecule has 2 rings (SSSR count). The van der Waals surface area contributed by atoms with E-state index in [0.29, 0.717) is 0 Å². The van der Waals surface area contributed by atoms with Crippen LogP contribution in [0.25, 0.3) is 0 Å². The monoisotopic (exact) mass is 249 g/mol. The first-order valence-corrected chi connectivity index (χ1v) is 6.66. The Labute approximate surface area is 109 Å². The van der Waals surface area contributed by atoms with Crippen molar-refractivity contribution in [1.82, 2.24) is 0 Å². The Kier molecular flexibility index (Phi) is 3.93. The summed E-state index contributed by atoms with van der Waals surface area (Å²) in [6, 6.07) is 6.16. The van der Waals surface area contributed by atoms with Gasteiger partial charge in [0, 0.05) is 12.0 Å². The summed E-state index contributed by atoms with van der Waals surface area (Å²) in [6.45, 7) is 4.22. The molecule has 1 saturated carbocycles. The molecule has 0 amide bonds. The van der Waals surface area contributed by atoms with E-state index in [-0.39, 0.29) is 12.7 Å². The van der Waals surface area contributed by atoms with Gasteiger partial charge in [-0.1, -0.05) is 6.07 Å². The maximum Gasteiger partial charge on any atom is 0.120 e. The lowest BCUT2D eigenvalue weighted by Crippen LogP contribution is -2.50. The summed E-state index contributed by atoms with van der Waals surface area (Å²) >= 11 is 0. The lowest BCUT2D eigenvalue weighted by molar-refractivity contribution is 0.0728. The van der Waals surface area contributed by atoms with Crippen molar-refractivity contribution >= 4 is 0 Å². The Morgan fingerprint density at radius 2 is 2.17 bits per heavy atom. The highest BCUT2D eigenvalue weighted by molar-refractivity contribution is 5.34. The zero-order valence-corrected chi connectivity index (χ0v) is 11.3. The molecule has 2 atom stereocenters. The van der Waals surface area contributed by atoms with Crippen LogP contribution in [-0.2, 0) is 0 Å². The molecular formula is C15H23NO2. The van der Waals surface area contributed by atoms with Gasteiger partial charge in [0.25, 0.3) is 0 Å². The number of aliphatic hydroxyl groups excluding tert-OH is 1. The number of hydrogen-bond acceptors (Lipinski definition) is 3. The van der Waals surface area contributed by atoms with E-state index in [1.165, 1.54) is 11.1 Å². The van der Waals surface area contributed by atoms with Gasteiger partial charge in [0.15, 0.2) is 0 Å². The fourth-order valence-corrected chi connectivity index (χ4v) is 2.56. The first-order valence-electron chi connectivity index (χ1n) is 6.66. The van der Waals surface area contributed by atoms with Crippen LogP contribution in [-0.4, -0.2) is 23.4 Å². The minimum Gasteiger partial charge on any atom is -0.490 e. The van der Waals surface area contributed by atoms with Crippen molar-refractivity contribution in [3.8, 4) is 5.75 Å². The topological polar surface area (TPSA) is 55.5 Å². The summed E-state index contributed by atoms with van der Waals surface area (Å²) in [5, 5.41) is 9.33. The molecular weight excluding hydrogens is 226 g/mol. The maximum atomic E-state index is 9.33. The molecule has 1 aliphatic carbocycles. The van der Waals surface area contributed by atoms with Crippen molar-refractivity contribution in [3.05, 3.63) is 29.3 Å². The van der Waals surface area contributed by atoms with Crippen LogP contribution in [0.15, 0.2) is 18.2 Å².